The smallest absolute Gasteiger partial charge is 0.0456 e. The molecule has 2 aromatic rings. The first kappa shape index (κ1) is 9.28. The molecule has 14 heavy (non-hydrogen) atoms. The highest BCUT2D eigenvalue weighted by Gasteiger charge is 1.98. The molecule has 2 N–H and O–H groups in total. The number of aliphatic hydroxyl groups is 1. The van der Waals surface area contributed by atoms with Gasteiger partial charge in [-0.05, 0) is 48.9 Å². The van der Waals surface area contributed by atoms with Crippen molar-refractivity contribution in [2.75, 3.05) is 6.61 Å². The standard InChI is InChI=1S/C12H15NO/c1-9-7-11-8-10(3-2-6-14)4-5-12(11)13-9/h4-5,7-8,13-14H,2-3,6H2,1H3. The summed E-state index contributed by atoms with van der Waals surface area (Å²) >= 11 is 0. The summed E-state index contributed by atoms with van der Waals surface area (Å²) in [5.74, 6) is 0. The van der Waals surface area contributed by atoms with Gasteiger partial charge in [-0.2, -0.15) is 0 Å². The fourth-order valence-corrected chi connectivity index (χ4v) is 1.77. The zero-order valence-corrected chi connectivity index (χ0v) is 8.38. The molecule has 0 bridgehead atoms. The molecule has 0 saturated heterocycles. The quantitative estimate of drug-likeness (QED) is 0.764. The first-order chi connectivity index (χ1) is 6.79. The molecule has 2 rings (SSSR count). The van der Waals surface area contributed by atoms with E-state index in [4.69, 9.17) is 5.11 Å². The van der Waals surface area contributed by atoms with Gasteiger partial charge in [0.25, 0.3) is 0 Å². The van der Waals surface area contributed by atoms with Gasteiger partial charge >= 0.3 is 0 Å². The fraction of sp³-hybridized carbons (Fsp3) is 0.333. The molecule has 1 heterocycles. The van der Waals surface area contributed by atoms with E-state index < -0.39 is 0 Å². The number of aromatic nitrogens is 1. The third-order valence-corrected chi connectivity index (χ3v) is 2.44. The van der Waals surface area contributed by atoms with Gasteiger partial charge in [-0.3, -0.25) is 0 Å². The molecule has 0 aliphatic heterocycles. The average Bonchev–Trinajstić information content (AvgIpc) is 2.54. The topological polar surface area (TPSA) is 36.0 Å². The molecule has 2 nitrogen and oxygen atoms in total. The molecule has 0 aliphatic carbocycles. The van der Waals surface area contributed by atoms with Crippen LogP contribution in [0.4, 0.5) is 0 Å². The zero-order chi connectivity index (χ0) is 9.97. The van der Waals surface area contributed by atoms with E-state index in [0.717, 1.165) is 12.8 Å². The highest BCUT2D eigenvalue weighted by atomic mass is 16.2. The van der Waals surface area contributed by atoms with E-state index in [9.17, 15) is 0 Å². The Bertz CT molecular complexity index is 431. The van der Waals surface area contributed by atoms with Crippen LogP contribution in [0.15, 0.2) is 24.3 Å². The molecule has 0 unspecified atom stereocenters. The molecule has 2 heteroatoms. The molecule has 0 aliphatic rings. The van der Waals surface area contributed by atoms with Crippen LogP contribution in [0.25, 0.3) is 10.9 Å². The number of nitrogens with one attached hydrogen (secondary N) is 1. The van der Waals surface area contributed by atoms with E-state index in [0.29, 0.717) is 0 Å². The van der Waals surface area contributed by atoms with E-state index >= 15 is 0 Å². The summed E-state index contributed by atoms with van der Waals surface area (Å²) in [6, 6.07) is 8.56. The van der Waals surface area contributed by atoms with Crippen LogP contribution in [0, 0.1) is 6.92 Å². The van der Waals surface area contributed by atoms with Crippen LogP contribution in [-0.4, -0.2) is 16.7 Å². The van der Waals surface area contributed by atoms with Crippen molar-refractivity contribution in [2.45, 2.75) is 19.8 Å². The van der Waals surface area contributed by atoms with Crippen LogP contribution in [0.3, 0.4) is 0 Å². The molecule has 0 fully saturated rings. The number of aliphatic hydroxyl groups excluding tert-OH is 1. The van der Waals surface area contributed by atoms with Crippen molar-refractivity contribution in [3.8, 4) is 0 Å². The molecule has 0 saturated carbocycles. The molecule has 74 valence electrons. The van der Waals surface area contributed by atoms with Gasteiger partial charge in [0.05, 0.1) is 0 Å². The Hall–Kier alpha value is -1.28. The normalized spacial score (nSPS) is 11.0. The minimum Gasteiger partial charge on any atom is -0.396 e. The van der Waals surface area contributed by atoms with E-state index in [2.05, 4.69) is 36.2 Å². The zero-order valence-electron chi connectivity index (χ0n) is 8.38. The van der Waals surface area contributed by atoms with Crippen molar-refractivity contribution in [2.24, 2.45) is 0 Å². The van der Waals surface area contributed by atoms with Crippen LogP contribution in [0.2, 0.25) is 0 Å². The largest absolute Gasteiger partial charge is 0.396 e. The van der Waals surface area contributed by atoms with Crippen LogP contribution in [-0.2, 0) is 6.42 Å². The maximum atomic E-state index is 8.74. The minimum atomic E-state index is 0.268. The Kier molecular flexibility index (Phi) is 2.55. The van der Waals surface area contributed by atoms with Gasteiger partial charge in [0, 0.05) is 17.8 Å². The second kappa shape index (κ2) is 3.84. The average molecular weight is 189 g/mol. The highest BCUT2D eigenvalue weighted by molar-refractivity contribution is 5.81. The Morgan fingerprint density at radius 2 is 2.14 bits per heavy atom. The second-order valence-corrected chi connectivity index (χ2v) is 3.70. The Balaban J connectivity index is 2.31. The number of H-pyrrole nitrogens is 1. The first-order valence-corrected chi connectivity index (χ1v) is 4.99. The van der Waals surface area contributed by atoms with Crippen molar-refractivity contribution in [3.05, 3.63) is 35.5 Å². The van der Waals surface area contributed by atoms with Gasteiger partial charge < -0.3 is 10.1 Å². The summed E-state index contributed by atoms with van der Waals surface area (Å²) in [4.78, 5) is 3.29. The lowest BCUT2D eigenvalue weighted by Gasteiger charge is -1.99. The van der Waals surface area contributed by atoms with Crippen molar-refractivity contribution in [1.29, 1.82) is 0 Å². The minimum absolute atomic E-state index is 0.268. The van der Waals surface area contributed by atoms with Crippen molar-refractivity contribution in [1.82, 2.24) is 4.98 Å². The number of hydrogen-bond acceptors (Lipinski definition) is 1. The Morgan fingerprint density at radius 3 is 2.93 bits per heavy atom. The van der Waals surface area contributed by atoms with E-state index in [1.165, 1.54) is 22.2 Å². The third-order valence-electron chi connectivity index (χ3n) is 2.44. The predicted molar refractivity (Wildman–Crippen MR) is 58.4 cm³/mol. The summed E-state index contributed by atoms with van der Waals surface area (Å²) in [6.45, 7) is 2.33. The maximum Gasteiger partial charge on any atom is 0.0456 e. The van der Waals surface area contributed by atoms with Crippen molar-refractivity contribution < 1.29 is 5.11 Å². The number of hydrogen-bond donors (Lipinski definition) is 2. The maximum absolute atomic E-state index is 8.74. The summed E-state index contributed by atoms with van der Waals surface area (Å²) in [5.41, 5.74) is 3.68. The van der Waals surface area contributed by atoms with Gasteiger partial charge in [-0.25, -0.2) is 0 Å². The summed E-state index contributed by atoms with van der Waals surface area (Å²) in [7, 11) is 0. The van der Waals surface area contributed by atoms with Crippen molar-refractivity contribution in [3.63, 3.8) is 0 Å². The predicted octanol–water partition coefficient (Wildman–Crippen LogP) is 2.40. The van der Waals surface area contributed by atoms with Gasteiger partial charge in [0.15, 0.2) is 0 Å². The van der Waals surface area contributed by atoms with Gasteiger partial charge in [0.2, 0.25) is 0 Å². The van der Waals surface area contributed by atoms with E-state index in [1.54, 1.807) is 0 Å². The van der Waals surface area contributed by atoms with Gasteiger partial charge in [-0.1, -0.05) is 6.07 Å². The number of benzene rings is 1. The number of aromatic amines is 1. The van der Waals surface area contributed by atoms with Crippen molar-refractivity contribution >= 4 is 10.9 Å². The molecule has 0 amide bonds. The number of rotatable bonds is 3. The lowest BCUT2D eigenvalue weighted by molar-refractivity contribution is 0.288. The summed E-state index contributed by atoms with van der Waals surface area (Å²) in [5, 5.41) is 10.0. The summed E-state index contributed by atoms with van der Waals surface area (Å²) < 4.78 is 0. The number of fused-ring (bicyclic) bond motifs is 1. The second-order valence-electron chi connectivity index (χ2n) is 3.70. The van der Waals surface area contributed by atoms with Crippen LogP contribution < -0.4 is 0 Å². The first-order valence-electron chi connectivity index (χ1n) is 4.99. The Labute approximate surface area is 83.6 Å². The summed E-state index contributed by atoms with van der Waals surface area (Å²) in [6.07, 6.45) is 1.80. The molecular formula is C12H15NO. The van der Waals surface area contributed by atoms with Gasteiger partial charge in [0.1, 0.15) is 0 Å². The molecule has 1 aromatic carbocycles. The monoisotopic (exact) mass is 189 g/mol. The van der Waals surface area contributed by atoms with E-state index in [1.807, 2.05) is 0 Å². The third kappa shape index (κ3) is 1.80. The molecule has 1 aromatic heterocycles. The highest BCUT2D eigenvalue weighted by Crippen LogP contribution is 2.17. The molecule has 0 spiro atoms. The van der Waals surface area contributed by atoms with Crippen LogP contribution in [0.1, 0.15) is 17.7 Å². The van der Waals surface area contributed by atoms with Gasteiger partial charge in [-0.15, -0.1) is 0 Å². The van der Waals surface area contributed by atoms with E-state index in [-0.39, 0.29) is 6.61 Å². The molecular weight excluding hydrogens is 174 g/mol. The molecule has 0 atom stereocenters. The Morgan fingerprint density at radius 1 is 1.29 bits per heavy atom. The lowest BCUT2D eigenvalue weighted by atomic mass is 10.1. The number of aryl methyl sites for hydroxylation is 2. The fourth-order valence-electron chi connectivity index (χ4n) is 1.77. The van der Waals surface area contributed by atoms with Crippen LogP contribution in [0.5, 0.6) is 0 Å². The SMILES string of the molecule is Cc1cc2cc(CCCO)ccc2[nH]1. The molecule has 0 radical (unpaired) electrons. The van der Waals surface area contributed by atoms with Crippen LogP contribution >= 0.6 is 0 Å². The lowest BCUT2D eigenvalue weighted by Crippen LogP contribution is -1.88.